The highest BCUT2D eigenvalue weighted by atomic mass is 19.4. The first-order chi connectivity index (χ1) is 20.9. The Morgan fingerprint density at radius 2 is 1.45 bits per heavy atom. The van der Waals surface area contributed by atoms with Crippen LogP contribution in [-0.2, 0) is 24.8 Å². The summed E-state index contributed by atoms with van der Waals surface area (Å²) >= 11 is 0. The Labute approximate surface area is 252 Å². The predicted octanol–water partition coefficient (Wildman–Crippen LogP) is 8.11. The fourth-order valence-electron chi connectivity index (χ4n) is 4.56. The van der Waals surface area contributed by atoms with Crippen molar-refractivity contribution in [3.63, 3.8) is 0 Å². The summed E-state index contributed by atoms with van der Waals surface area (Å²) in [5.41, 5.74) is 1.82. The first-order valence-corrected chi connectivity index (χ1v) is 13.8. The van der Waals surface area contributed by atoms with E-state index < -0.39 is 23.4 Å². The van der Waals surface area contributed by atoms with Gasteiger partial charge in [0.25, 0.3) is 0 Å². The Morgan fingerprint density at radius 1 is 0.818 bits per heavy atom. The number of alkyl halides is 3. The minimum absolute atomic E-state index is 0.0905. The molecule has 5 rings (SSSR count). The number of carboxylic acid groups (broad SMARTS) is 1. The average molecular weight is 602 g/mol. The predicted molar refractivity (Wildman–Crippen MR) is 159 cm³/mol. The maximum atomic E-state index is 13.8. The molecule has 44 heavy (non-hydrogen) atoms. The monoisotopic (exact) mass is 601 g/mol. The number of carbonyl (C=O) groups is 1. The molecule has 7 nitrogen and oxygen atoms in total. The highest BCUT2D eigenvalue weighted by Crippen LogP contribution is 2.35. The zero-order valence-electron chi connectivity index (χ0n) is 24.3. The minimum Gasteiger partial charge on any atom is -0.489 e. The van der Waals surface area contributed by atoms with E-state index in [-0.39, 0.29) is 17.8 Å². The van der Waals surface area contributed by atoms with Gasteiger partial charge in [0.05, 0.1) is 11.9 Å². The van der Waals surface area contributed by atoms with Crippen molar-refractivity contribution < 1.29 is 32.5 Å². The van der Waals surface area contributed by atoms with Gasteiger partial charge in [-0.3, -0.25) is 0 Å². The molecule has 10 heteroatoms. The maximum Gasteiger partial charge on any atom is 0.434 e. The number of hydrogen-bond donors (Lipinski definition) is 1. The van der Waals surface area contributed by atoms with Crippen molar-refractivity contribution >= 4 is 5.97 Å². The van der Waals surface area contributed by atoms with E-state index in [2.05, 4.69) is 55.1 Å². The Kier molecular flexibility index (Phi) is 8.44. The van der Waals surface area contributed by atoms with Crippen molar-refractivity contribution in [2.45, 2.75) is 45.6 Å². The summed E-state index contributed by atoms with van der Waals surface area (Å²) in [6, 6.07) is 27.4. The van der Waals surface area contributed by atoms with Crippen LogP contribution in [0.2, 0.25) is 0 Å². The molecule has 0 bridgehead atoms. The summed E-state index contributed by atoms with van der Waals surface area (Å²) in [6.45, 7) is 7.20. The van der Waals surface area contributed by atoms with Crippen molar-refractivity contribution in [1.82, 2.24) is 14.8 Å². The van der Waals surface area contributed by atoms with Gasteiger partial charge in [0.1, 0.15) is 30.3 Å². The molecule has 5 aromatic rings. The molecule has 2 aromatic heterocycles. The fourth-order valence-corrected chi connectivity index (χ4v) is 4.56. The molecular weight excluding hydrogens is 571 g/mol. The molecule has 1 N–H and O–H groups in total. The first kappa shape index (κ1) is 30.3. The number of carboxylic acids is 1. The first-order valence-electron chi connectivity index (χ1n) is 13.8. The molecule has 0 atom stereocenters. The molecule has 0 unspecified atom stereocenters. The molecule has 0 fully saturated rings. The molecule has 0 saturated carbocycles. The Morgan fingerprint density at radius 3 is 2.09 bits per heavy atom. The van der Waals surface area contributed by atoms with Crippen LogP contribution in [0.25, 0.3) is 17.1 Å². The summed E-state index contributed by atoms with van der Waals surface area (Å²) in [6.07, 6.45) is -4.29. The molecule has 0 spiro atoms. The van der Waals surface area contributed by atoms with Gasteiger partial charge in [0, 0.05) is 5.56 Å². The molecular formula is C34H30F3N3O4. The van der Waals surface area contributed by atoms with Gasteiger partial charge in [-0.1, -0.05) is 75.4 Å². The van der Waals surface area contributed by atoms with Crippen molar-refractivity contribution in [2.75, 3.05) is 0 Å². The lowest BCUT2D eigenvalue weighted by molar-refractivity contribution is -0.143. The second-order valence-electron chi connectivity index (χ2n) is 11.2. The van der Waals surface area contributed by atoms with Crippen molar-refractivity contribution in [1.29, 1.82) is 0 Å². The van der Waals surface area contributed by atoms with Crippen LogP contribution in [0, 0.1) is 0 Å². The highest BCUT2D eigenvalue weighted by Gasteiger charge is 2.41. The Bertz CT molecular complexity index is 1760. The lowest BCUT2D eigenvalue weighted by atomic mass is 9.87. The van der Waals surface area contributed by atoms with E-state index in [1.54, 1.807) is 30.3 Å². The van der Waals surface area contributed by atoms with Crippen LogP contribution in [-0.4, -0.2) is 25.8 Å². The van der Waals surface area contributed by atoms with Crippen LogP contribution < -0.4 is 9.47 Å². The number of benzene rings is 3. The molecule has 2 heterocycles. The van der Waals surface area contributed by atoms with Gasteiger partial charge in [0.2, 0.25) is 0 Å². The average Bonchev–Trinajstić information content (AvgIpc) is 3.47. The van der Waals surface area contributed by atoms with Gasteiger partial charge in [-0.05, 0) is 58.5 Å². The summed E-state index contributed by atoms with van der Waals surface area (Å²) in [7, 11) is 0. The number of para-hydroxylation sites is 1. The number of ether oxygens (including phenoxy) is 2. The van der Waals surface area contributed by atoms with Crippen LogP contribution in [0.15, 0.2) is 97.2 Å². The maximum absolute atomic E-state index is 13.8. The molecule has 0 radical (unpaired) electrons. The molecule has 0 amide bonds. The number of rotatable bonds is 9. The lowest BCUT2D eigenvalue weighted by Crippen LogP contribution is -2.18. The lowest BCUT2D eigenvalue weighted by Gasteiger charge is -2.19. The zero-order chi connectivity index (χ0) is 31.5. The second kappa shape index (κ2) is 12.2. The van der Waals surface area contributed by atoms with E-state index in [0.29, 0.717) is 34.5 Å². The second-order valence-corrected chi connectivity index (χ2v) is 11.2. The van der Waals surface area contributed by atoms with E-state index >= 15 is 0 Å². The summed E-state index contributed by atoms with van der Waals surface area (Å²) < 4.78 is 53.8. The van der Waals surface area contributed by atoms with Crippen LogP contribution in [0.1, 0.15) is 53.5 Å². The van der Waals surface area contributed by atoms with Crippen molar-refractivity contribution in [3.05, 3.63) is 125 Å². The number of aromatic nitrogens is 3. The number of hydrogen-bond acceptors (Lipinski definition) is 5. The van der Waals surface area contributed by atoms with Crippen molar-refractivity contribution in [2.24, 2.45) is 0 Å². The van der Waals surface area contributed by atoms with E-state index in [1.807, 2.05) is 24.3 Å². The summed E-state index contributed by atoms with van der Waals surface area (Å²) in [4.78, 5) is 15.7. The van der Waals surface area contributed by atoms with Gasteiger partial charge >= 0.3 is 12.1 Å². The SMILES string of the molecule is CC(C)(C)c1ccc(COc2ccc(COc3ccccc3-c3cccc(-n4ncc(C(=O)O)c4C(F)(F)F)n3)cc2)cc1. The third-order valence-electron chi connectivity index (χ3n) is 6.93. The highest BCUT2D eigenvalue weighted by molar-refractivity contribution is 5.89. The van der Waals surface area contributed by atoms with E-state index in [4.69, 9.17) is 9.47 Å². The van der Waals surface area contributed by atoms with Gasteiger partial charge in [-0.2, -0.15) is 18.3 Å². The third kappa shape index (κ3) is 6.91. The van der Waals surface area contributed by atoms with E-state index in [0.717, 1.165) is 16.9 Å². The van der Waals surface area contributed by atoms with Gasteiger partial charge in [-0.15, -0.1) is 0 Å². The number of aromatic carboxylic acids is 1. The smallest absolute Gasteiger partial charge is 0.434 e. The summed E-state index contributed by atoms with van der Waals surface area (Å²) in [5, 5.41) is 12.9. The largest absolute Gasteiger partial charge is 0.489 e. The van der Waals surface area contributed by atoms with E-state index in [9.17, 15) is 23.1 Å². The van der Waals surface area contributed by atoms with Crippen LogP contribution in [0.4, 0.5) is 13.2 Å². The number of halogens is 3. The van der Waals surface area contributed by atoms with Crippen LogP contribution >= 0.6 is 0 Å². The third-order valence-corrected chi connectivity index (χ3v) is 6.93. The van der Waals surface area contributed by atoms with Gasteiger partial charge in [-0.25, -0.2) is 14.5 Å². The molecule has 3 aromatic carbocycles. The van der Waals surface area contributed by atoms with Crippen LogP contribution in [0.5, 0.6) is 11.5 Å². The minimum atomic E-state index is -4.96. The zero-order valence-corrected chi connectivity index (χ0v) is 24.3. The van der Waals surface area contributed by atoms with Crippen molar-refractivity contribution in [3.8, 4) is 28.6 Å². The molecule has 226 valence electrons. The fraction of sp³-hybridized carbons (Fsp3) is 0.206. The molecule has 0 saturated heterocycles. The number of pyridine rings is 1. The molecule has 0 aliphatic heterocycles. The van der Waals surface area contributed by atoms with Gasteiger partial charge in [0.15, 0.2) is 11.5 Å². The van der Waals surface area contributed by atoms with Gasteiger partial charge < -0.3 is 14.6 Å². The standard InChI is InChI=1S/C34H30F3N3O4/c1-33(2,3)24-15-11-22(12-16-24)20-43-25-17-13-23(14-18-25)21-44-29-9-5-4-7-26(29)28-8-6-10-30(39-28)40-31(34(35,36)37)27(19-38-40)32(41)42/h4-19H,20-21H2,1-3H3,(H,41,42). The van der Waals surface area contributed by atoms with Crippen LogP contribution in [0.3, 0.4) is 0 Å². The number of nitrogens with zero attached hydrogens (tertiary/aromatic N) is 3. The Balaban J connectivity index is 1.28. The topological polar surface area (TPSA) is 86.5 Å². The normalized spacial score (nSPS) is 11.8. The Hall–Kier alpha value is -5.12. The summed E-state index contributed by atoms with van der Waals surface area (Å²) in [5.74, 6) is -0.723. The molecule has 0 aliphatic carbocycles. The molecule has 0 aliphatic rings. The van der Waals surface area contributed by atoms with E-state index in [1.165, 1.54) is 17.7 Å². The quantitative estimate of drug-likeness (QED) is 0.184.